The van der Waals surface area contributed by atoms with Crippen molar-refractivity contribution in [2.75, 3.05) is 5.73 Å². The van der Waals surface area contributed by atoms with Gasteiger partial charge >= 0.3 is 65.1 Å². The molecule has 0 aliphatic rings. The van der Waals surface area contributed by atoms with Gasteiger partial charge in [0.15, 0.2) is 0 Å². The number of carboxylic acid groups (broad SMARTS) is 1. The molecule has 0 bridgehead atoms. The average Bonchev–Trinajstić information content (AvgIpc) is 2.66. The molecule has 0 fully saturated rings. The van der Waals surface area contributed by atoms with Crippen LogP contribution in [0, 0.1) is 0 Å². The molecule has 5 N–H and O–H groups in total. The van der Waals surface area contributed by atoms with E-state index in [9.17, 15) is 40.9 Å². The third kappa shape index (κ3) is 6.25. The Morgan fingerprint density at radius 1 is 0.853 bits per heavy atom. The largest absolute Gasteiger partial charge is 1.00 e. The smallest absolute Gasteiger partial charge is 0.872 e. The first kappa shape index (κ1) is 30.2. The Labute approximate surface area is 236 Å². The molecular formula is C17H11N3Na2O10S2. The number of anilines is 1. The molecule has 3 rings (SSSR count). The van der Waals surface area contributed by atoms with Gasteiger partial charge in [-0.2, -0.15) is 21.9 Å². The zero-order chi connectivity index (χ0) is 24.0. The first-order valence-corrected chi connectivity index (χ1v) is 11.1. The SMILES string of the molecule is Nc1ccc2c([O-])cc(S(=O)(=O)O)cc2c1N=Nc1cc(S(=O)(=O)O)cc(C(=O)O)c1[O-].[Na+].[Na+]. The van der Waals surface area contributed by atoms with Crippen LogP contribution in [-0.4, -0.2) is 37.0 Å². The summed E-state index contributed by atoms with van der Waals surface area (Å²) in [4.78, 5) is 9.54. The summed E-state index contributed by atoms with van der Waals surface area (Å²) in [5, 5.41) is 40.5. The molecule has 0 amide bonds. The molecule has 0 saturated heterocycles. The maximum Gasteiger partial charge on any atom is 1.00 e. The summed E-state index contributed by atoms with van der Waals surface area (Å²) < 4.78 is 64.1. The Morgan fingerprint density at radius 3 is 1.94 bits per heavy atom. The Kier molecular flexibility index (Phi) is 9.66. The van der Waals surface area contributed by atoms with Crippen molar-refractivity contribution in [1.82, 2.24) is 0 Å². The van der Waals surface area contributed by atoms with Crippen LogP contribution in [0.25, 0.3) is 10.8 Å². The number of hydrogen-bond donors (Lipinski definition) is 4. The van der Waals surface area contributed by atoms with Crippen molar-refractivity contribution >= 4 is 54.0 Å². The van der Waals surface area contributed by atoms with Gasteiger partial charge in [0.05, 0.1) is 26.7 Å². The van der Waals surface area contributed by atoms with E-state index in [1.165, 1.54) is 12.1 Å². The van der Waals surface area contributed by atoms with Gasteiger partial charge < -0.3 is 21.1 Å². The summed E-state index contributed by atoms with van der Waals surface area (Å²) in [6.45, 7) is 0. The van der Waals surface area contributed by atoms with Crippen LogP contribution in [-0.2, 0) is 20.2 Å². The summed E-state index contributed by atoms with van der Waals surface area (Å²) in [6, 6.07) is 5.03. The van der Waals surface area contributed by atoms with E-state index >= 15 is 0 Å². The number of carbonyl (C=O) groups is 1. The molecule has 0 aromatic heterocycles. The zero-order valence-corrected chi connectivity index (χ0v) is 23.1. The summed E-state index contributed by atoms with van der Waals surface area (Å²) in [6.07, 6.45) is 0. The summed E-state index contributed by atoms with van der Waals surface area (Å²) >= 11 is 0. The van der Waals surface area contributed by atoms with Crippen molar-refractivity contribution in [3.63, 3.8) is 0 Å². The van der Waals surface area contributed by atoms with Crippen molar-refractivity contribution in [3.8, 4) is 11.5 Å². The summed E-state index contributed by atoms with van der Waals surface area (Å²) in [5.74, 6) is -3.84. The molecule has 0 unspecified atom stereocenters. The first-order chi connectivity index (χ1) is 14.7. The predicted octanol–water partition coefficient (Wildman–Crippen LogP) is -4.82. The van der Waals surface area contributed by atoms with Crippen LogP contribution >= 0.6 is 0 Å². The molecule has 13 nitrogen and oxygen atoms in total. The topological polar surface area (TPSA) is 243 Å². The Balaban J connectivity index is 0.00000289. The average molecular weight is 527 g/mol. The fraction of sp³-hybridized carbons (Fsp3) is 0. The number of hydrogen-bond acceptors (Lipinski definition) is 10. The molecule has 34 heavy (non-hydrogen) atoms. The van der Waals surface area contributed by atoms with Crippen LogP contribution in [0.2, 0.25) is 0 Å². The Bertz CT molecular complexity index is 1540. The fourth-order valence-electron chi connectivity index (χ4n) is 2.71. The predicted molar refractivity (Wildman–Crippen MR) is 104 cm³/mol. The third-order valence-electron chi connectivity index (χ3n) is 4.20. The minimum atomic E-state index is -4.92. The van der Waals surface area contributed by atoms with Crippen LogP contribution < -0.4 is 75.1 Å². The number of nitrogens with zero attached hydrogens (tertiary/aromatic N) is 2. The Morgan fingerprint density at radius 2 is 1.41 bits per heavy atom. The molecule has 0 saturated carbocycles. The van der Waals surface area contributed by atoms with E-state index in [2.05, 4.69) is 10.2 Å². The van der Waals surface area contributed by atoms with Gasteiger partial charge in [-0.25, -0.2) is 4.79 Å². The van der Waals surface area contributed by atoms with Gasteiger partial charge in [-0.05, 0) is 35.7 Å². The molecule has 3 aromatic carbocycles. The normalized spacial score (nSPS) is 11.7. The number of fused-ring (bicyclic) bond motifs is 1. The molecule has 0 radical (unpaired) electrons. The van der Waals surface area contributed by atoms with Crippen molar-refractivity contribution in [1.29, 1.82) is 0 Å². The van der Waals surface area contributed by atoms with Crippen LogP contribution in [0.15, 0.2) is 56.4 Å². The molecule has 168 valence electrons. The van der Waals surface area contributed by atoms with E-state index < -0.39 is 58.7 Å². The number of benzene rings is 3. The molecule has 0 atom stereocenters. The van der Waals surface area contributed by atoms with E-state index in [0.29, 0.717) is 18.2 Å². The molecule has 17 heteroatoms. The second kappa shape index (κ2) is 10.9. The molecular weight excluding hydrogens is 516 g/mol. The minimum absolute atomic E-state index is 0. The zero-order valence-electron chi connectivity index (χ0n) is 17.5. The van der Waals surface area contributed by atoms with E-state index in [-0.39, 0.29) is 81.3 Å². The van der Waals surface area contributed by atoms with Gasteiger partial charge in [-0.3, -0.25) is 9.11 Å². The molecule has 0 aliphatic heterocycles. The van der Waals surface area contributed by atoms with Gasteiger partial charge in [0.25, 0.3) is 20.2 Å². The number of aromatic carboxylic acids is 1. The molecule has 3 aromatic rings. The Hall–Kier alpha value is -1.79. The minimum Gasteiger partial charge on any atom is -0.872 e. The van der Waals surface area contributed by atoms with E-state index in [0.717, 1.165) is 6.07 Å². The van der Waals surface area contributed by atoms with Crippen molar-refractivity contribution in [2.24, 2.45) is 10.2 Å². The number of azo groups is 1. The van der Waals surface area contributed by atoms with Crippen LogP contribution in [0.1, 0.15) is 10.4 Å². The van der Waals surface area contributed by atoms with Crippen LogP contribution in [0.4, 0.5) is 17.1 Å². The monoisotopic (exact) mass is 527 g/mol. The quantitative estimate of drug-likeness (QED) is 0.106. The third-order valence-corrected chi connectivity index (χ3v) is 5.86. The van der Waals surface area contributed by atoms with Gasteiger partial charge in [0.2, 0.25) is 0 Å². The number of carboxylic acids is 1. The van der Waals surface area contributed by atoms with Crippen molar-refractivity contribution in [2.45, 2.75) is 9.79 Å². The molecule has 0 heterocycles. The van der Waals surface area contributed by atoms with Gasteiger partial charge in [-0.1, -0.05) is 17.6 Å². The number of nitrogen functional groups attached to an aromatic ring is 1. The van der Waals surface area contributed by atoms with Gasteiger partial charge in [-0.15, -0.1) is 5.11 Å². The standard InChI is InChI=1S/C17H13N3O10S2.2Na/c18-12-2-1-9-10(3-8(6-14(9)21)32(28,29)30)15(12)20-19-13-5-7(31(25,26)27)4-11(16(13)22)17(23)24;;/h1-6,21-22H,18H2,(H,23,24)(H,25,26,27)(H,28,29,30);;/q;2*+1/p-2. The maximum absolute atomic E-state index is 12.3. The summed E-state index contributed by atoms with van der Waals surface area (Å²) in [7, 11) is -9.70. The van der Waals surface area contributed by atoms with E-state index in [1.54, 1.807) is 0 Å². The molecule has 0 spiro atoms. The second-order valence-corrected chi connectivity index (χ2v) is 9.14. The van der Waals surface area contributed by atoms with E-state index in [4.69, 9.17) is 10.8 Å². The number of nitrogens with two attached hydrogens (primary N) is 1. The van der Waals surface area contributed by atoms with Crippen LogP contribution in [0.3, 0.4) is 0 Å². The maximum atomic E-state index is 12.3. The van der Waals surface area contributed by atoms with Gasteiger partial charge in [0, 0.05) is 5.39 Å². The van der Waals surface area contributed by atoms with E-state index in [1.807, 2.05) is 0 Å². The molecule has 0 aliphatic carbocycles. The van der Waals surface area contributed by atoms with Gasteiger partial charge in [0.1, 0.15) is 5.69 Å². The first-order valence-electron chi connectivity index (χ1n) is 8.18. The van der Waals surface area contributed by atoms with Crippen LogP contribution in [0.5, 0.6) is 11.5 Å². The summed E-state index contributed by atoms with van der Waals surface area (Å²) in [5.41, 5.74) is 3.51. The van der Waals surface area contributed by atoms with Crippen molar-refractivity contribution in [3.05, 3.63) is 42.0 Å². The fourth-order valence-corrected chi connectivity index (χ4v) is 3.76. The van der Waals surface area contributed by atoms with Crippen molar-refractivity contribution < 1.29 is 105 Å². The second-order valence-electron chi connectivity index (χ2n) is 6.29. The number of rotatable bonds is 5.